The standard InChI is InChI=1S/C18H11Cl2S/c19-12-6-8-17-15(10-12)16-11-13(20)7-9-18(16)21(17)14-4-2-1-3-5-14/h1-11H/q+1. The van der Waals surface area contributed by atoms with Crippen molar-refractivity contribution in [2.45, 2.75) is 0 Å². The summed E-state index contributed by atoms with van der Waals surface area (Å²) in [6.45, 7) is 0. The van der Waals surface area contributed by atoms with Crippen LogP contribution in [0.1, 0.15) is 0 Å². The lowest BCUT2D eigenvalue weighted by molar-refractivity contribution is 1.76. The number of rotatable bonds is 1. The molecule has 4 aromatic rings. The van der Waals surface area contributed by atoms with Gasteiger partial charge in [0.05, 0.1) is 0 Å². The van der Waals surface area contributed by atoms with Crippen LogP contribution in [0.3, 0.4) is 0 Å². The zero-order valence-electron chi connectivity index (χ0n) is 11.0. The van der Waals surface area contributed by atoms with E-state index in [1.165, 1.54) is 25.1 Å². The second-order valence-corrected chi connectivity index (χ2v) is 7.74. The van der Waals surface area contributed by atoms with Crippen molar-refractivity contribution in [3.63, 3.8) is 0 Å². The molecule has 0 spiro atoms. The molecule has 0 saturated carbocycles. The molecule has 4 rings (SSSR count). The van der Waals surface area contributed by atoms with Crippen LogP contribution in [0, 0.1) is 0 Å². The van der Waals surface area contributed by atoms with Crippen molar-refractivity contribution in [2.24, 2.45) is 0 Å². The van der Waals surface area contributed by atoms with E-state index in [0.717, 1.165) is 10.0 Å². The molecule has 0 N–H and O–H groups in total. The van der Waals surface area contributed by atoms with Gasteiger partial charge in [-0.25, -0.2) is 0 Å². The molecule has 0 amide bonds. The summed E-state index contributed by atoms with van der Waals surface area (Å²) in [5.41, 5.74) is 0. The van der Waals surface area contributed by atoms with Gasteiger partial charge in [0, 0.05) is 43.4 Å². The number of hydrogen-bond acceptors (Lipinski definition) is 0. The Balaban J connectivity index is 2.22. The number of halogens is 2. The molecule has 3 aromatic carbocycles. The van der Waals surface area contributed by atoms with Crippen LogP contribution in [0.25, 0.3) is 25.1 Å². The number of fused-ring (bicyclic) bond motifs is 3. The first-order valence-electron chi connectivity index (χ1n) is 6.63. The lowest BCUT2D eigenvalue weighted by Crippen LogP contribution is -1.69. The van der Waals surface area contributed by atoms with E-state index in [9.17, 15) is 0 Å². The van der Waals surface area contributed by atoms with Gasteiger partial charge in [0.15, 0.2) is 14.3 Å². The first-order chi connectivity index (χ1) is 10.2. The maximum Gasteiger partial charge on any atom is 0.187 e. The number of hydrogen-bond donors (Lipinski definition) is 0. The molecule has 0 aliphatic heterocycles. The normalized spacial score (nSPS) is 11.3. The van der Waals surface area contributed by atoms with Crippen molar-refractivity contribution in [1.29, 1.82) is 0 Å². The molecule has 0 radical (unpaired) electrons. The minimum Gasteiger partial charge on any atom is -0.0843 e. The highest BCUT2D eigenvalue weighted by Gasteiger charge is 2.23. The van der Waals surface area contributed by atoms with Crippen LogP contribution in [-0.4, -0.2) is 0 Å². The molecule has 1 aromatic heterocycles. The molecular formula is C18H11Cl2S+. The first-order valence-corrected chi connectivity index (χ1v) is 8.61. The number of thiophene rings is 1. The lowest BCUT2D eigenvalue weighted by Gasteiger charge is -1.92. The Kier molecular flexibility index (Phi) is 3.15. The largest absolute Gasteiger partial charge is 0.187 e. The van der Waals surface area contributed by atoms with Crippen LogP contribution in [0.15, 0.2) is 66.7 Å². The molecule has 0 atom stereocenters. The van der Waals surface area contributed by atoms with Crippen molar-refractivity contribution in [3.8, 4) is 4.90 Å². The van der Waals surface area contributed by atoms with Crippen molar-refractivity contribution >= 4 is 53.8 Å². The van der Waals surface area contributed by atoms with E-state index in [1.807, 2.05) is 24.3 Å². The molecule has 0 saturated heterocycles. The van der Waals surface area contributed by atoms with E-state index in [0.29, 0.717) is 0 Å². The summed E-state index contributed by atoms with van der Waals surface area (Å²) in [5.74, 6) is 0. The highest BCUT2D eigenvalue weighted by molar-refractivity contribution is 7.50. The van der Waals surface area contributed by atoms with Crippen molar-refractivity contribution in [2.75, 3.05) is 0 Å². The van der Waals surface area contributed by atoms with E-state index in [-0.39, 0.29) is 10.5 Å². The Morgan fingerprint density at radius 3 is 1.67 bits per heavy atom. The van der Waals surface area contributed by atoms with E-state index in [2.05, 4.69) is 42.5 Å². The van der Waals surface area contributed by atoms with Crippen molar-refractivity contribution in [3.05, 3.63) is 76.8 Å². The third-order valence-electron chi connectivity index (χ3n) is 3.59. The first kappa shape index (κ1) is 13.1. The summed E-state index contributed by atoms with van der Waals surface area (Å²) >= 11 is 12.4. The third kappa shape index (κ3) is 2.13. The quantitative estimate of drug-likeness (QED) is 0.328. The third-order valence-corrected chi connectivity index (χ3v) is 6.40. The summed E-state index contributed by atoms with van der Waals surface area (Å²) in [7, 11) is -0.0744. The van der Waals surface area contributed by atoms with Gasteiger partial charge in [-0.1, -0.05) is 41.4 Å². The fourth-order valence-corrected chi connectivity index (χ4v) is 5.41. The topological polar surface area (TPSA) is 0 Å². The molecule has 0 nitrogen and oxygen atoms in total. The van der Waals surface area contributed by atoms with Crippen molar-refractivity contribution < 1.29 is 0 Å². The Morgan fingerprint density at radius 1 is 0.619 bits per heavy atom. The number of benzene rings is 3. The second-order valence-electron chi connectivity index (χ2n) is 4.90. The molecule has 102 valence electrons. The predicted molar refractivity (Wildman–Crippen MR) is 95.3 cm³/mol. The van der Waals surface area contributed by atoms with Crippen LogP contribution in [0.2, 0.25) is 10.0 Å². The van der Waals surface area contributed by atoms with Gasteiger partial charge < -0.3 is 0 Å². The van der Waals surface area contributed by atoms with E-state index < -0.39 is 0 Å². The summed E-state index contributed by atoms with van der Waals surface area (Å²) < 4.78 is 2.64. The second kappa shape index (κ2) is 5.03. The average molecular weight is 330 g/mol. The van der Waals surface area contributed by atoms with Gasteiger partial charge in [0.1, 0.15) is 0 Å². The highest BCUT2D eigenvalue weighted by atomic mass is 35.5. The maximum atomic E-state index is 6.19. The monoisotopic (exact) mass is 329 g/mol. The van der Waals surface area contributed by atoms with Crippen LogP contribution >= 0.6 is 33.7 Å². The highest BCUT2D eigenvalue weighted by Crippen LogP contribution is 2.49. The maximum absolute atomic E-state index is 6.19. The van der Waals surface area contributed by atoms with Crippen LogP contribution in [-0.2, 0) is 0 Å². The Bertz CT molecular complexity index is 896. The lowest BCUT2D eigenvalue weighted by atomic mass is 10.1. The summed E-state index contributed by atoms with van der Waals surface area (Å²) in [6.07, 6.45) is 0. The Hall–Kier alpha value is -1.54. The van der Waals surface area contributed by atoms with Crippen LogP contribution < -0.4 is 0 Å². The molecule has 0 bridgehead atoms. The fraction of sp³-hybridized carbons (Fsp3) is 0. The van der Waals surface area contributed by atoms with Gasteiger partial charge in [-0.15, -0.1) is 0 Å². The van der Waals surface area contributed by atoms with E-state index in [1.54, 1.807) is 0 Å². The smallest absolute Gasteiger partial charge is 0.0843 e. The molecule has 1 heterocycles. The molecule has 3 heteroatoms. The Labute approximate surface area is 135 Å². The minimum absolute atomic E-state index is 0.0744. The van der Waals surface area contributed by atoms with E-state index in [4.69, 9.17) is 23.2 Å². The molecule has 0 fully saturated rings. The predicted octanol–water partition coefficient (Wildman–Crippen LogP) is 7.04. The van der Waals surface area contributed by atoms with Crippen LogP contribution in [0.5, 0.6) is 0 Å². The van der Waals surface area contributed by atoms with Gasteiger partial charge in [0.25, 0.3) is 0 Å². The van der Waals surface area contributed by atoms with E-state index >= 15 is 0 Å². The van der Waals surface area contributed by atoms with Gasteiger partial charge in [-0.05, 0) is 36.4 Å². The zero-order chi connectivity index (χ0) is 14.4. The van der Waals surface area contributed by atoms with Crippen LogP contribution in [0.4, 0.5) is 0 Å². The van der Waals surface area contributed by atoms with Gasteiger partial charge in [-0.3, -0.25) is 0 Å². The fourth-order valence-electron chi connectivity index (χ4n) is 2.71. The van der Waals surface area contributed by atoms with Gasteiger partial charge >= 0.3 is 0 Å². The SMILES string of the molecule is Clc1ccc2c(c1)c1cc(Cl)ccc1[s+]2-c1ccccc1. The summed E-state index contributed by atoms with van der Waals surface area (Å²) in [4.78, 5) is 1.32. The van der Waals surface area contributed by atoms with Gasteiger partial charge in [-0.2, -0.15) is 0 Å². The van der Waals surface area contributed by atoms with Gasteiger partial charge in [0.2, 0.25) is 0 Å². The molecule has 0 unspecified atom stereocenters. The average Bonchev–Trinajstić information content (AvgIpc) is 2.81. The minimum atomic E-state index is -0.0744. The summed E-state index contributed by atoms with van der Waals surface area (Å²) in [6, 6.07) is 22.9. The molecular weight excluding hydrogens is 319 g/mol. The Morgan fingerprint density at radius 2 is 1.14 bits per heavy atom. The molecule has 21 heavy (non-hydrogen) atoms. The van der Waals surface area contributed by atoms with Crippen molar-refractivity contribution in [1.82, 2.24) is 0 Å². The molecule has 0 aliphatic rings. The zero-order valence-corrected chi connectivity index (χ0v) is 13.3. The summed E-state index contributed by atoms with van der Waals surface area (Å²) in [5, 5.41) is 3.93. The molecule has 0 aliphatic carbocycles.